The molecule has 1 aliphatic carbocycles. The van der Waals surface area contributed by atoms with Gasteiger partial charge in [0.05, 0.1) is 42.2 Å². The first-order valence-corrected chi connectivity index (χ1v) is 24.9. The number of carbonyl (C=O) groups excluding carboxylic acids is 2. The smallest absolute Gasteiger partial charge is 0.253 e. The highest BCUT2D eigenvalue weighted by atomic mass is 35.5. The second-order valence-electron chi connectivity index (χ2n) is 18.9. The summed E-state index contributed by atoms with van der Waals surface area (Å²) in [7, 11) is 0. The zero-order valence-corrected chi connectivity index (χ0v) is 40.6. The number of amides is 2. The van der Waals surface area contributed by atoms with Crippen molar-refractivity contribution in [2.75, 3.05) is 47.9 Å². The summed E-state index contributed by atoms with van der Waals surface area (Å²) in [5.74, 6) is -0.860. The molecule has 15 nitrogen and oxygen atoms in total. The molecular formula is C54H56ClF2N11O4. The molecule has 6 N–H and O–H groups in total. The molecule has 10 rings (SSSR count). The van der Waals surface area contributed by atoms with Crippen LogP contribution >= 0.6 is 11.6 Å². The molecule has 372 valence electrons. The Morgan fingerprint density at radius 3 is 2.53 bits per heavy atom. The lowest BCUT2D eigenvalue weighted by atomic mass is 9.91. The van der Waals surface area contributed by atoms with Gasteiger partial charge in [0.25, 0.3) is 5.91 Å². The van der Waals surface area contributed by atoms with Crippen molar-refractivity contribution in [1.82, 2.24) is 29.9 Å². The standard InChI is InChI=1S/C54H56ClF2N11O4/c1-32-42(56)15-16-43(57)50(32)51-41(54(71)63-44(24-46(58)70)35-9-6-11-37(55)23-35)28-61-53(51)52(65-72-31-33-13-14-33)36-10-5-8-34(22-36)40-27-59-47(25-45(40)66-19-3-2-4-20-66)62-38-12-7-21-67(29-38)49-18-17-48-60-26-39(30-69)68(48)64-49/h5-6,8-11,15-18,22-23,25-28,33,38,44,61,69H,2-4,7,12-14,19-21,24,29-31H2,1H3,(H2,58,70)(H,59,62)(H,63,71)/b65-52+/t38-,44+/m1/s1. The maximum atomic E-state index is 16.4. The number of fused-ring (bicyclic) bond motifs is 1. The summed E-state index contributed by atoms with van der Waals surface area (Å²) in [6, 6.07) is 21.8. The van der Waals surface area contributed by atoms with Crippen LogP contribution in [0.1, 0.15) is 95.8 Å². The van der Waals surface area contributed by atoms with Gasteiger partial charge in [-0.2, -0.15) is 0 Å². The molecule has 0 bridgehead atoms. The number of pyridine rings is 1. The maximum Gasteiger partial charge on any atom is 0.253 e. The Morgan fingerprint density at radius 1 is 0.931 bits per heavy atom. The largest absolute Gasteiger partial charge is 0.395 e. The van der Waals surface area contributed by atoms with E-state index in [-0.39, 0.29) is 52.7 Å². The summed E-state index contributed by atoms with van der Waals surface area (Å²) >= 11 is 6.32. The van der Waals surface area contributed by atoms with Crippen LogP contribution in [-0.4, -0.2) is 86.0 Å². The predicted octanol–water partition coefficient (Wildman–Crippen LogP) is 9.12. The van der Waals surface area contributed by atoms with Gasteiger partial charge in [0.1, 0.15) is 35.6 Å². The summed E-state index contributed by atoms with van der Waals surface area (Å²) < 4.78 is 33.6. The minimum absolute atomic E-state index is 0.0170. The number of H-pyrrole nitrogens is 1. The van der Waals surface area contributed by atoms with Gasteiger partial charge in [-0.1, -0.05) is 47.1 Å². The number of hydrogen-bond donors (Lipinski definition) is 5. The second kappa shape index (κ2) is 21.2. The van der Waals surface area contributed by atoms with Crippen molar-refractivity contribution in [3.63, 3.8) is 0 Å². The molecule has 72 heavy (non-hydrogen) atoms. The van der Waals surface area contributed by atoms with Crippen molar-refractivity contribution in [3.8, 4) is 22.3 Å². The van der Waals surface area contributed by atoms with E-state index in [1.54, 1.807) is 35.0 Å². The summed E-state index contributed by atoms with van der Waals surface area (Å²) in [4.78, 5) is 50.2. The summed E-state index contributed by atoms with van der Waals surface area (Å²) in [5, 5.41) is 26.4. The van der Waals surface area contributed by atoms with Crippen LogP contribution in [0.15, 0.2) is 103 Å². The number of anilines is 3. The number of hydrogen-bond acceptors (Lipinski definition) is 11. The molecule has 18 heteroatoms. The number of benzene rings is 3. The molecular weight excluding hydrogens is 940 g/mol. The molecule has 2 amide bonds. The average molecular weight is 997 g/mol. The van der Waals surface area contributed by atoms with Crippen molar-refractivity contribution in [2.45, 2.75) is 77.0 Å². The normalized spacial score (nSPS) is 16.7. The molecule has 4 aromatic heterocycles. The zero-order valence-electron chi connectivity index (χ0n) is 39.9. The number of rotatable bonds is 17. The summed E-state index contributed by atoms with van der Waals surface area (Å²) in [6.45, 7) is 4.95. The number of carbonyl (C=O) groups is 2. The number of aliphatic hydroxyl groups is 1. The van der Waals surface area contributed by atoms with Crippen LogP contribution in [0.5, 0.6) is 0 Å². The Labute approximate surface area is 420 Å². The Balaban J connectivity index is 1.01. The lowest BCUT2D eigenvalue weighted by Gasteiger charge is -2.35. The third-order valence-electron chi connectivity index (χ3n) is 13.8. The van der Waals surface area contributed by atoms with Crippen molar-refractivity contribution in [3.05, 3.63) is 148 Å². The molecule has 0 unspecified atom stereocenters. The molecule has 2 aliphatic heterocycles. The van der Waals surface area contributed by atoms with E-state index >= 15 is 8.78 Å². The van der Waals surface area contributed by atoms with Gasteiger partial charge >= 0.3 is 0 Å². The molecule has 3 aliphatic rings. The van der Waals surface area contributed by atoms with E-state index in [0.717, 1.165) is 105 Å². The van der Waals surface area contributed by atoms with Gasteiger partial charge in [0.15, 0.2) is 5.65 Å². The Bertz CT molecular complexity index is 3170. The number of aromatic nitrogens is 5. The van der Waals surface area contributed by atoms with Crippen LogP contribution in [0.25, 0.3) is 27.9 Å². The van der Waals surface area contributed by atoms with Crippen LogP contribution in [0.2, 0.25) is 5.02 Å². The van der Waals surface area contributed by atoms with Gasteiger partial charge in [-0.15, -0.1) is 5.10 Å². The lowest BCUT2D eigenvalue weighted by molar-refractivity contribution is -0.118. The van der Waals surface area contributed by atoms with E-state index in [2.05, 4.69) is 36.5 Å². The number of nitrogens with zero attached hydrogens (tertiary/aromatic N) is 7. The number of primary amides is 1. The topological polar surface area (TPSA) is 191 Å². The van der Waals surface area contributed by atoms with Crippen molar-refractivity contribution >= 4 is 52.1 Å². The van der Waals surface area contributed by atoms with Gasteiger partial charge in [-0.05, 0) is 117 Å². The highest BCUT2D eigenvalue weighted by Gasteiger charge is 2.31. The number of piperidine rings is 2. The lowest BCUT2D eigenvalue weighted by Crippen LogP contribution is -2.42. The van der Waals surface area contributed by atoms with E-state index in [1.807, 2.05) is 42.6 Å². The molecule has 1 saturated carbocycles. The Hall–Kier alpha value is -7.37. The minimum Gasteiger partial charge on any atom is -0.395 e. The van der Waals surface area contributed by atoms with Gasteiger partial charge in [-0.25, -0.2) is 23.3 Å². The molecule has 2 saturated heterocycles. The van der Waals surface area contributed by atoms with E-state index in [4.69, 9.17) is 37.4 Å². The number of imidazole rings is 1. The summed E-state index contributed by atoms with van der Waals surface area (Å²) in [6.07, 6.45) is 11.9. The number of nitrogens with two attached hydrogens (primary N) is 1. The fourth-order valence-electron chi connectivity index (χ4n) is 9.83. The first kappa shape index (κ1) is 48.3. The Kier molecular flexibility index (Phi) is 14.2. The van der Waals surface area contributed by atoms with Crippen molar-refractivity contribution in [1.29, 1.82) is 0 Å². The molecule has 0 radical (unpaired) electrons. The first-order valence-electron chi connectivity index (χ1n) is 24.5. The van der Waals surface area contributed by atoms with Crippen LogP contribution < -0.4 is 26.2 Å². The second-order valence-corrected chi connectivity index (χ2v) is 19.4. The third-order valence-corrected chi connectivity index (χ3v) is 14.0. The first-order chi connectivity index (χ1) is 35.0. The molecule has 3 fully saturated rings. The Morgan fingerprint density at radius 2 is 1.74 bits per heavy atom. The molecule has 7 aromatic rings. The quantitative estimate of drug-likeness (QED) is 0.0435. The van der Waals surface area contributed by atoms with Crippen molar-refractivity contribution in [2.24, 2.45) is 16.8 Å². The fourth-order valence-corrected chi connectivity index (χ4v) is 10.0. The van der Waals surface area contributed by atoms with Gasteiger partial charge in [0, 0.05) is 83.6 Å². The predicted molar refractivity (Wildman–Crippen MR) is 274 cm³/mol. The average Bonchev–Trinajstić information content (AvgIpc) is 3.98. The number of nitrogens with one attached hydrogen (secondary N) is 3. The minimum atomic E-state index is -0.894. The van der Waals surface area contributed by atoms with E-state index < -0.39 is 29.5 Å². The molecule has 0 spiro atoms. The third kappa shape index (κ3) is 10.5. The van der Waals surface area contributed by atoms with Crippen LogP contribution in [0, 0.1) is 24.5 Å². The number of aliphatic hydroxyl groups excluding tert-OH is 1. The van der Waals surface area contributed by atoms with Gasteiger partial charge in [0.2, 0.25) is 5.91 Å². The zero-order chi connectivity index (χ0) is 49.9. The summed E-state index contributed by atoms with van der Waals surface area (Å²) in [5.41, 5.74) is 11.2. The number of aromatic amines is 1. The monoisotopic (exact) mass is 995 g/mol. The van der Waals surface area contributed by atoms with Crippen LogP contribution in [0.3, 0.4) is 0 Å². The highest BCUT2D eigenvalue weighted by molar-refractivity contribution is 6.30. The van der Waals surface area contributed by atoms with Gasteiger partial charge < -0.3 is 41.1 Å². The van der Waals surface area contributed by atoms with E-state index in [9.17, 15) is 14.7 Å². The van der Waals surface area contributed by atoms with Crippen LogP contribution in [0.4, 0.5) is 26.1 Å². The maximum absolute atomic E-state index is 16.4. The number of halogens is 3. The van der Waals surface area contributed by atoms with E-state index in [1.165, 1.54) is 13.1 Å². The van der Waals surface area contributed by atoms with Crippen molar-refractivity contribution < 1.29 is 28.3 Å². The van der Waals surface area contributed by atoms with E-state index in [0.29, 0.717) is 46.6 Å². The SMILES string of the molecule is Cc1c(F)ccc(F)c1-c1c(C(=O)N[C@@H](CC(N)=O)c2cccc(Cl)c2)c[nH]c1/C(=N/OCC1CC1)c1cccc(-c2cnc(N[C@@H]3CCCN(c4ccc5ncc(CO)n5n4)C3)cc2N2CCCCC2)c1. The van der Waals surface area contributed by atoms with Gasteiger partial charge in [-0.3, -0.25) is 9.59 Å². The fraction of sp³-hybridized carbons (Fsp3) is 0.333. The van der Waals surface area contributed by atoms with Crippen LogP contribution in [-0.2, 0) is 16.2 Å². The molecule has 2 atom stereocenters. The number of oxime groups is 1. The molecule has 6 heterocycles. The molecule has 3 aromatic carbocycles. The highest BCUT2D eigenvalue weighted by Crippen LogP contribution is 2.39.